The van der Waals surface area contributed by atoms with Crippen LogP contribution >= 0.6 is 0 Å². The number of nitrogens with one attached hydrogen (secondary N) is 1. The Morgan fingerprint density at radius 1 is 1.33 bits per heavy atom. The van der Waals surface area contributed by atoms with Gasteiger partial charge in [-0.2, -0.15) is 5.26 Å². The molecule has 1 aromatic carbocycles. The summed E-state index contributed by atoms with van der Waals surface area (Å²) in [6.07, 6.45) is 2.81. The fourth-order valence-corrected chi connectivity index (χ4v) is 1.69. The van der Waals surface area contributed by atoms with Gasteiger partial charge in [-0.25, -0.2) is 4.79 Å². The number of carbonyl (C=O) groups is 2. The molecular formula is C18H22N2O4. The predicted octanol–water partition coefficient (Wildman–Crippen LogP) is 2.31. The van der Waals surface area contributed by atoms with Crippen LogP contribution in [0.3, 0.4) is 0 Å². The fourth-order valence-electron chi connectivity index (χ4n) is 1.69. The second-order valence-electron chi connectivity index (χ2n) is 5.73. The maximum absolute atomic E-state index is 11.8. The first kappa shape index (κ1) is 19.2. The van der Waals surface area contributed by atoms with E-state index in [0.717, 1.165) is 11.3 Å². The van der Waals surface area contributed by atoms with Crippen LogP contribution in [-0.2, 0) is 14.3 Å². The largest absolute Gasteiger partial charge is 0.497 e. The van der Waals surface area contributed by atoms with Crippen molar-refractivity contribution in [2.24, 2.45) is 5.92 Å². The number of esters is 1. The summed E-state index contributed by atoms with van der Waals surface area (Å²) in [6.45, 7) is 4.84. The van der Waals surface area contributed by atoms with Crippen LogP contribution in [0.15, 0.2) is 30.3 Å². The molecule has 1 N–H and O–H groups in total. The third-order valence-electron chi connectivity index (χ3n) is 3.66. The molecule has 0 aliphatic carbocycles. The number of hydrogen-bond donors (Lipinski definition) is 1. The molecule has 0 saturated carbocycles. The van der Waals surface area contributed by atoms with Crippen LogP contribution in [0.25, 0.3) is 6.08 Å². The maximum atomic E-state index is 11.8. The number of hydrogen-bond acceptors (Lipinski definition) is 5. The molecule has 6 heteroatoms. The Morgan fingerprint density at radius 2 is 1.96 bits per heavy atom. The molecule has 0 aromatic heterocycles. The second kappa shape index (κ2) is 8.73. The van der Waals surface area contributed by atoms with Crippen LogP contribution in [0.1, 0.15) is 26.3 Å². The molecule has 0 saturated heterocycles. The molecule has 1 amide bonds. The molecule has 0 unspecified atom stereocenters. The molecule has 24 heavy (non-hydrogen) atoms. The van der Waals surface area contributed by atoms with Crippen LogP contribution < -0.4 is 10.1 Å². The third-order valence-corrected chi connectivity index (χ3v) is 3.66. The average molecular weight is 330 g/mol. The third kappa shape index (κ3) is 5.76. The minimum atomic E-state index is -0.998. The van der Waals surface area contributed by atoms with E-state index < -0.39 is 24.0 Å². The average Bonchev–Trinajstić information content (AvgIpc) is 2.58. The lowest BCUT2D eigenvalue weighted by atomic mass is 9.90. The highest BCUT2D eigenvalue weighted by Crippen LogP contribution is 2.15. The highest BCUT2D eigenvalue weighted by atomic mass is 16.5. The second-order valence-corrected chi connectivity index (χ2v) is 5.73. The normalized spacial score (nSPS) is 13.2. The maximum Gasteiger partial charge on any atom is 0.331 e. The lowest BCUT2D eigenvalue weighted by molar-refractivity contribution is -0.144. The Labute approximate surface area is 142 Å². The molecule has 1 rings (SSSR count). The number of methoxy groups -OCH3 is 1. The van der Waals surface area contributed by atoms with Crippen molar-refractivity contribution >= 4 is 18.0 Å². The van der Waals surface area contributed by atoms with E-state index in [0.29, 0.717) is 0 Å². The molecule has 1 atom stereocenters. The van der Waals surface area contributed by atoms with Crippen LogP contribution in [0, 0.1) is 17.2 Å². The number of carbonyl (C=O) groups excluding carboxylic acids is 2. The van der Waals surface area contributed by atoms with Crippen molar-refractivity contribution in [1.29, 1.82) is 5.26 Å². The molecule has 128 valence electrons. The van der Waals surface area contributed by atoms with Crippen LogP contribution in [0.5, 0.6) is 5.75 Å². The molecule has 0 heterocycles. The van der Waals surface area contributed by atoms with E-state index in [-0.39, 0.29) is 5.92 Å². The fraction of sp³-hybridized carbons (Fsp3) is 0.389. The number of ether oxygens (including phenoxy) is 2. The monoisotopic (exact) mass is 330 g/mol. The van der Waals surface area contributed by atoms with Gasteiger partial charge in [0.2, 0.25) is 0 Å². The highest BCUT2D eigenvalue weighted by molar-refractivity contribution is 5.89. The summed E-state index contributed by atoms with van der Waals surface area (Å²) in [7, 11) is 1.57. The van der Waals surface area contributed by atoms with Gasteiger partial charge in [-0.1, -0.05) is 26.0 Å². The van der Waals surface area contributed by atoms with Crippen LogP contribution in [-0.4, -0.2) is 31.1 Å². The first-order valence-electron chi connectivity index (χ1n) is 7.52. The van der Waals surface area contributed by atoms with Gasteiger partial charge in [0.15, 0.2) is 6.61 Å². The zero-order valence-corrected chi connectivity index (χ0v) is 14.3. The van der Waals surface area contributed by atoms with Crippen LogP contribution in [0.4, 0.5) is 0 Å². The van der Waals surface area contributed by atoms with Gasteiger partial charge in [-0.3, -0.25) is 4.79 Å². The first-order chi connectivity index (χ1) is 11.3. The molecular weight excluding hydrogens is 308 g/mol. The van der Waals surface area contributed by atoms with Gasteiger partial charge in [-0.15, -0.1) is 0 Å². The van der Waals surface area contributed by atoms with E-state index in [1.807, 2.05) is 13.8 Å². The van der Waals surface area contributed by atoms with Crippen molar-refractivity contribution in [2.45, 2.75) is 26.3 Å². The topological polar surface area (TPSA) is 88.4 Å². The van der Waals surface area contributed by atoms with E-state index >= 15 is 0 Å². The first-order valence-corrected chi connectivity index (χ1v) is 7.52. The molecule has 0 aliphatic heterocycles. The Hall–Kier alpha value is -2.81. The summed E-state index contributed by atoms with van der Waals surface area (Å²) in [5.41, 5.74) is -0.198. The van der Waals surface area contributed by atoms with E-state index in [1.54, 1.807) is 44.4 Å². The van der Waals surface area contributed by atoms with Crippen molar-refractivity contribution < 1.29 is 19.1 Å². The smallest absolute Gasteiger partial charge is 0.331 e. The molecule has 0 bridgehead atoms. The molecule has 0 fully saturated rings. The number of nitriles is 1. The predicted molar refractivity (Wildman–Crippen MR) is 90.0 cm³/mol. The summed E-state index contributed by atoms with van der Waals surface area (Å²) in [5.74, 6) is -0.502. The SMILES string of the molecule is COc1ccc(/C=C/C(=O)OCC(=O)N[C@](C)(C#N)C(C)C)cc1. The Kier molecular flexibility index (Phi) is 6.99. The molecule has 0 aliphatic rings. The standard InChI is InChI=1S/C18H22N2O4/c1-13(2)18(3,12-19)20-16(21)11-24-17(22)10-7-14-5-8-15(23-4)9-6-14/h5-10,13H,11H2,1-4H3,(H,20,21)/b10-7+/t18-/m1/s1. The summed E-state index contributed by atoms with van der Waals surface area (Å²) in [6, 6.07) is 9.17. The van der Waals surface area contributed by atoms with Crippen molar-refractivity contribution in [3.8, 4) is 11.8 Å². The summed E-state index contributed by atoms with van der Waals surface area (Å²) < 4.78 is 9.91. The van der Waals surface area contributed by atoms with Crippen molar-refractivity contribution in [3.63, 3.8) is 0 Å². The number of rotatable bonds is 7. The molecule has 0 spiro atoms. The van der Waals surface area contributed by atoms with Gasteiger partial charge in [0.1, 0.15) is 11.3 Å². The van der Waals surface area contributed by atoms with Gasteiger partial charge in [0.25, 0.3) is 5.91 Å². The number of amides is 1. The van der Waals surface area contributed by atoms with Gasteiger partial charge in [0, 0.05) is 6.08 Å². The molecule has 1 aromatic rings. The zero-order chi connectivity index (χ0) is 18.2. The van der Waals surface area contributed by atoms with E-state index in [9.17, 15) is 9.59 Å². The Morgan fingerprint density at radius 3 is 2.46 bits per heavy atom. The van der Waals surface area contributed by atoms with Gasteiger partial charge < -0.3 is 14.8 Å². The minimum absolute atomic E-state index is 0.0721. The molecule has 0 radical (unpaired) electrons. The summed E-state index contributed by atoms with van der Waals surface area (Å²) >= 11 is 0. The quantitative estimate of drug-likeness (QED) is 0.612. The Balaban J connectivity index is 2.49. The van der Waals surface area contributed by atoms with Gasteiger partial charge >= 0.3 is 5.97 Å². The lowest BCUT2D eigenvalue weighted by Gasteiger charge is -2.27. The lowest BCUT2D eigenvalue weighted by Crippen LogP contribution is -2.50. The Bertz CT molecular complexity index is 644. The summed E-state index contributed by atoms with van der Waals surface area (Å²) in [5, 5.41) is 11.7. The number of nitrogens with zero attached hydrogens (tertiary/aromatic N) is 1. The number of benzene rings is 1. The van der Waals surface area contributed by atoms with E-state index in [2.05, 4.69) is 11.4 Å². The molecule has 6 nitrogen and oxygen atoms in total. The van der Waals surface area contributed by atoms with Gasteiger partial charge in [-0.05, 0) is 36.6 Å². The van der Waals surface area contributed by atoms with E-state index in [1.165, 1.54) is 6.08 Å². The van der Waals surface area contributed by atoms with Crippen molar-refractivity contribution in [3.05, 3.63) is 35.9 Å². The highest BCUT2D eigenvalue weighted by Gasteiger charge is 2.30. The zero-order valence-electron chi connectivity index (χ0n) is 14.3. The van der Waals surface area contributed by atoms with E-state index in [4.69, 9.17) is 14.7 Å². The van der Waals surface area contributed by atoms with Crippen molar-refractivity contribution in [2.75, 3.05) is 13.7 Å². The van der Waals surface area contributed by atoms with Crippen LogP contribution in [0.2, 0.25) is 0 Å². The van der Waals surface area contributed by atoms with Crippen molar-refractivity contribution in [1.82, 2.24) is 5.32 Å². The minimum Gasteiger partial charge on any atom is -0.497 e. The summed E-state index contributed by atoms with van der Waals surface area (Å²) in [4.78, 5) is 23.4. The van der Waals surface area contributed by atoms with Gasteiger partial charge in [0.05, 0.1) is 13.2 Å².